The van der Waals surface area contributed by atoms with E-state index in [2.05, 4.69) is 0 Å². The molecule has 0 N–H and O–H groups in total. The number of imide groups is 1. The zero-order chi connectivity index (χ0) is 14.4. The fourth-order valence-electron chi connectivity index (χ4n) is 2.11. The molecule has 0 fully saturated rings. The van der Waals surface area contributed by atoms with Crippen LogP contribution in [-0.2, 0) is 0 Å². The predicted molar refractivity (Wildman–Crippen MR) is 74.0 cm³/mol. The Kier molecular flexibility index (Phi) is 3.00. The number of benzene rings is 2. The molecule has 1 aliphatic rings. The number of halogens is 3. The van der Waals surface area contributed by atoms with Gasteiger partial charge in [0.1, 0.15) is 11.5 Å². The lowest BCUT2D eigenvalue weighted by Crippen LogP contribution is -2.30. The van der Waals surface area contributed by atoms with E-state index in [0.29, 0.717) is 4.90 Å². The van der Waals surface area contributed by atoms with Gasteiger partial charge in [-0.05, 0) is 24.3 Å². The zero-order valence-corrected chi connectivity index (χ0v) is 11.4. The van der Waals surface area contributed by atoms with E-state index in [4.69, 9.17) is 23.2 Å². The number of fused-ring (bicyclic) bond motifs is 1. The van der Waals surface area contributed by atoms with Gasteiger partial charge in [-0.2, -0.15) is 0 Å². The summed E-state index contributed by atoms with van der Waals surface area (Å²) >= 11 is 11.8. The van der Waals surface area contributed by atoms with E-state index < -0.39 is 17.6 Å². The largest absolute Gasteiger partial charge is 0.268 e. The van der Waals surface area contributed by atoms with Crippen LogP contribution in [0.2, 0.25) is 10.0 Å². The number of carbonyl (C=O) groups excluding carboxylic acids is 2. The van der Waals surface area contributed by atoms with Crippen LogP contribution in [-0.4, -0.2) is 11.8 Å². The SMILES string of the molecule is O=C1c2ccccc2C(=O)N1c1c(F)ccc(Cl)c1Cl. The highest BCUT2D eigenvalue weighted by Gasteiger charge is 2.39. The molecule has 100 valence electrons. The first kappa shape index (κ1) is 13.1. The number of nitrogens with zero attached hydrogens (tertiary/aromatic N) is 1. The van der Waals surface area contributed by atoms with Crippen molar-refractivity contribution >= 4 is 40.7 Å². The van der Waals surface area contributed by atoms with Crippen molar-refractivity contribution in [1.29, 1.82) is 0 Å². The van der Waals surface area contributed by atoms with Crippen LogP contribution in [0.3, 0.4) is 0 Å². The summed E-state index contributed by atoms with van der Waals surface area (Å²) in [5.41, 5.74) is 0.117. The molecule has 3 nitrogen and oxygen atoms in total. The summed E-state index contributed by atoms with van der Waals surface area (Å²) in [4.78, 5) is 25.2. The van der Waals surface area contributed by atoms with Crippen LogP contribution in [0.15, 0.2) is 36.4 Å². The molecule has 0 atom stereocenters. The topological polar surface area (TPSA) is 37.4 Å². The highest BCUT2D eigenvalue weighted by molar-refractivity contribution is 6.46. The Bertz CT molecular complexity index is 726. The number of hydrogen-bond acceptors (Lipinski definition) is 2. The average molecular weight is 310 g/mol. The summed E-state index contributed by atoms with van der Waals surface area (Å²) < 4.78 is 14.0. The molecule has 3 rings (SSSR count). The van der Waals surface area contributed by atoms with Gasteiger partial charge >= 0.3 is 0 Å². The van der Waals surface area contributed by atoms with Crippen molar-refractivity contribution < 1.29 is 14.0 Å². The molecule has 0 spiro atoms. The van der Waals surface area contributed by atoms with E-state index in [9.17, 15) is 14.0 Å². The zero-order valence-electron chi connectivity index (χ0n) is 9.86. The Morgan fingerprint density at radius 3 is 2.00 bits per heavy atom. The van der Waals surface area contributed by atoms with Crippen molar-refractivity contribution in [3.8, 4) is 0 Å². The summed E-state index contributed by atoms with van der Waals surface area (Å²) in [5.74, 6) is -2.02. The van der Waals surface area contributed by atoms with Gasteiger partial charge < -0.3 is 0 Å². The van der Waals surface area contributed by atoms with Crippen LogP contribution in [0.5, 0.6) is 0 Å². The molecule has 0 aliphatic carbocycles. The van der Waals surface area contributed by atoms with Gasteiger partial charge in [-0.25, -0.2) is 9.29 Å². The molecule has 6 heteroatoms. The highest BCUT2D eigenvalue weighted by atomic mass is 35.5. The minimum absolute atomic E-state index is 0.0691. The van der Waals surface area contributed by atoms with E-state index in [1.54, 1.807) is 12.1 Å². The lowest BCUT2D eigenvalue weighted by atomic mass is 10.1. The third kappa shape index (κ3) is 1.72. The van der Waals surface area contributed by atoms with Gasteiger partial charge in [0, 0.05) is 0 Å². The number of rotatable bonds is 1. The third-order valence-corrected chi connectivity index (χ3v) is 3.83. The van der Waals surface area contributed by atoms with Crippen molar-refractivity contribution in [2.24, 2.45) is 0 Å². The van der Waals surface area contributed by atoms with Crippen LogP contribution in [0.25, 0.3) is 0 Å². The van der Waals surface area contributed by atoms with E-state index in [-0.39, 0.29) is 26.9 Å². The van der Waals surface area contributed by atoms with Gasteiger partial charge in [0.25, 0.3) is 11.8 Å². The first-order chi connectivity index (χ1) is 9.52. The van der Waals surface area contributed by atoms with Crippen LogP contribution in [0.4, 0.5) is 10.1 Å². The Hall–Kier alpha value is -1.91. The second-order valence-corrected chi connectivity index (χ2v) is 4.97. The van der Waals surface area contributed by atoms with Crippen molar-refractivity contribution in [3.05, 3.63) is 63.4 Å². The Morgan fingerprint density at radius 1 is 0.900 bits per heavy atom. The fourth-order valence-corrected chi connectivity index (χ4v) is 2.50. The molecule has 0 saturated heterocycles. The monoisotopic (exact) mass is 309 g/mol. The van der Waals surface area contributed by atoms with Crippen LogP contribution in [0, 0.1) is 5.82 Å². The van der Waals surface area contributed by atoms with E-state index in [1.807, 2.05) is 0 Å². The molecule has 2 aromatic carbocycles. The van der Waals surface area contributed by atoms with Crippen LogP contribution in [0.1, 0.15) is 20.7 Å². The second kappa shape index (κ2) is 4.58. The van der Waals surface area contributed by atoms with Crippen LogP contribution >= 0.6 is 23.2 Å². The fraction of sp³-hybridized carbons (Fsp3) is 0. The number of hydrogen-bond donors (Lipinski definition) is 0. The number of carbonyl (C=O) groups is 2. The molecule has 20 heavy (non-hydrogen) atoms. The maximum absolute atomic E-state index is 14.0. The second-order valence-electron chi connectivity index (χ2n) is 4.18. The van der Waals surface area contributed by atoms with Gasteiger partial charge in [0.05, 0.1) is 21.2 Å². The summed E-state index contributed by atoms with van der Waals surface area (Å²) in [6, 6.07) is 8.60. The summed E-state index contributed by atoms with van der Waals surface area (Å²) in [6.07, 6.45) is 0. The third-order valence-electron chi connectivity index (χ3n) is 3.04. The minimum atomic E-state index is -0.783. The molecule has 2 amide bonds. The number of anilines is 1. The van der Waals surface area contributed by atoms with Crippen LogP contribution < -0.4 is 4.90 Å². The smallest absolute Gasteiger partial charge is 0.266 e. The van der Waals surface area contributed by atoms with Gasteiger partial charge in [0.15, 0.2) is 0 Å². The predicted octanol–water partition coefficient (Wildman–Crippen LogP) is 3.93. The molecule has 2 aromatic rings. The van der Waals surface area contributed by atoms with Crippen molar-refractivity contribution in [2.45, 2.75) is 0 Å². The molecule has 0 saturated carbocycles. The highest BCUT2D eigenvalue weighted by Crippen LogP contribution is 2.38. The van der Waals surface area contributed by atoms with Gasteiger partial charge in [0.2, 0.25) is 0 Å². The van der Waals surface area contributed by atoms with E-state index >= 15 is 0 Å². The first-order valence-electron chi connectivity index (χ1n) is 5.63. The van der Waals surface area contributed by atoms with Crippen molar-refractivity contribution in [1.82, 2.24) is 0 Å². The Labute approximate surface area is 123 Å². The molecule has 0 bridgehead atoms. The summed E-state index contributed by atoms with van der Waals surface area (Å²) in [5, 5.41) is -0.0965. The lowest BCUT2D eigenvalue weighted by Gasteiger charge is -2.16. The molecule has 0 unspecified atom stereocenters. The molecule has 0 radical (unpaired) electrons. The van der Waals surface area contributed by atoms with E-state index in [1.165, 1.54) is 18.2 Å². The Morgan fingerprint density at radius 2 is 1.45 bits per heavy atom. The molecule has 1 heterocycles. The number of amides is 2. The van der Waals surface area contributed by atoms with E-state index in [0.717, 1.165) is 6.07 Å². The maximum atomic E-state index is 14.0. The normalized spacial score (nSPS) is 13.8. The quantitative estimate of drug-likeness (QED) is 0.591. The standard InChI is InChI=1S/C14H6Cl2FNO2/c15-9-5-6-10(17)12(11(9)16)18-13(19)7-3-1-2-4-8(7)14(18)20/h1-6H. The lowest BCUT2D eigenvalue weighted by molar-refractivity contribution is 0.0925. The summed E-state index contributed by atoms with van der Waals surface area (Å²) in [6.45, 7) is 0. The minimum Gasteiger partial charge on any atom is -0.268 e. The van der Waals surface area contributed by atoms with Crippen molar-refractivity contribution in [3.63, 3.8) is 0 Å². The molecular weight excluding hydrogens is 304 g/mol. The molecule has 0 aromatic heterocycles. The molecular formula is C14H6Cl2FNO2. The Balaban J connectivity index is 2.22. The van der Waals surface area contributed by atoms with Gasteiger partial charge in [-0.15, -0.1) is 0 Å². The molecule has 1 aliphatic heterocycles. The maximum Gasteiger partial charge on any atom is 0.266 e. The first-order valence-corrected chi connectivity index (χ1v) is 6.39. The van der Waals surface area contributed by atoms with Gasteiger partial charge in [-0.3, -0.25) is 9.59 Å². The van der Waals surface area contributed by atoms with Gasteiger partial charge in [-0.1, -0.05) is 35.3 Å². The summed E-state index contributed by atoms with van der Waals surface area (Å²) in [7, 11) is 0. The van der Waals surface area contributed by atoms with Crippen molar-refractivity contribution in [2.75, 3.05) is 4.90 Å². The average Bonchev–Trinajstić information content (AvgIpc) is 2.69.